The van der Waals surface area contributed by atoms with Crippen LogP contribution in [0.15, 0.2) is 95.9 Å². The molecule has 0 radical (unpaired) electrons. The summed E-state index contributed by atoms with van der Waals surface area (Å²) in [5.41, 5.74) is 3.93. The molecule has 0 aliphatic heterocycles. The zero-order valence-electron chi connectivity index (χ0n) is 22.5. The summed E-state index contributed by atoms with van der Waals surface area (Å²) in [4.78, 5) is 20.9. The molecule has 0 saturated carbocycles. The number of imidazole rings is 1. The van der Waals surface area contributed by atoms with E-state index in [9.17, 15) is 13.2 Å². The summed E-state index contributed by atoms with van der Waals surface area (Å²) in [6, 6.07) is 26.7. The van der Waals surface area contributed by atoms with Crippen LogP contribution in [0, 0.1) is 0 Å². The van der Waals surface area contributed by atoms with Gasteiger partial charge in [-0.3, -0.25) is 0 Å². The average Bonchev–Trinajstić information content (AvgIpc) is 3.32. The van der Waals surface area contributed by atoms with E-state index in [2.05, 4.69) is 16.8 Å². The lowest BCUT2D eigenvalue weighted by Crippen LogP contribution is -2.15. The van der Waals surface area contributed by atoms with Crippen LogP contribution in [0.5, 0.6) is 5.75 Å². The number of nitrogens with one attached hydrogen (secondary N) is 1. The van der Waals surface area contributed by atoms with E-state index in [1.807, 2.05) is 42.5 Å². The molecule has 10 heteroatoms. The Morgan fingerprint density at radius 3 is 2.39 bits per heavy atom. The van der Waals surface area contributed by atoms with Crippen LogP contribution < -0.4 is 10.1 Å². The second-order valence-corrected chi connectivity index (χ2v) is 11.6. The van der Waals surface area contributed by atoms with Gasteiger partial charge in [0.1, 0.15) is 28.8 Å². The Labute approximate surface area is 238 Å². The highest BCUT2D eigenvalue weighted by Crippen LogP contribution is 2.30. The maximum atomic E-state index is 12.8. The van der Waals surface area contributed by atoms with Crippen molar-refractivity contribution in [3.63, 3.8) is 0 Å². The molecule has 3 aromatic carbocycles. The molecule has 5 aromatic rings. The first-order valence-electron chi connectivity index (χ1n) is 13.3. The molecular weight excluding hydrogens is 540 g/mol. The molecule has 2 N–H and O–H groups in total. The maximum Gasteiger partial charge on any atom is 0.511 e. The Bertz CT molecular complexity index is 1770. The Morgan fingerprint density at radius 2 is 1.66 bits per heavy atom. The largest absolute Gasteiger partial charge is 0.511 e. The number of rotatable bonds is 11. The smallest absolute Gasteiger partial charge is 0.449 e. The number of hydrogen-bond donors (Lipinski definition) is 2. The number of unbranched alkanes of at least 4 members (excludes halogenated alkanes) is 1. The van der Waals surface area contributed by atoms with E-state index in [-0.39, 0.29) is 16.5 Å². The van der Waals surface area contributed by atoms with Crippen molar-refractivity contribution in [1.29, 1.82) is 0 Å². The minimum absolute atomic E-state index is 0.251. The van der Waals surface area contributed by atoms with Gasteiger partial charge in [0.15, 0.2) is 15.5 Å². The Balaban J connectivity index is 1.42. The van der Waals surface area contributed by atoms with Crippen LogP contribution in [0.3, 0.4) is 0 Å². The SMILES string of the molecule is CCCCc1nc2ccc(NCS(=O)(=O)c3ccccc3)nc2n1Cc1ccc(-c2ccccc2OC(=O)O)cc1. The molecule has 0 fully saturated rings. The van der Waals surface area contributed by atoms with Gasteiger partial charge in [-0.05, 0) is 47.9 Å². The van der Waals surface area contributed by atoms with Crippen LogP contribution in [-0.2, 0) is 22.8 Å². The average molecular weight is 571 g/mol. The number of benzene rings is 3. The van der Waals surface area contributed by atoms with Gasteiger partial charge in [0.2, 0.25) is 0 Å². The lowest BCUT2D eigenvalue weighted by atomic mass is 10.0. The van der Waals surface area contributed by atoms with Crippen LogP contribution in [0.1, 0.15) is 31.2 Å². The molecule has 5 rings (SSSR count). The van der Waals surface area contributed by atoms with Crippen molar-refractivity contribution in [3.05, 3.63) is 102 Å². The zero-order valence-corrected chi connectivity index (χ0v) is 23.3. The molecule has 2 aromatic heterocycles. The van der Waals surface area contributed by atoms with Crippen LogP contribution in [0.4, 0.5) is 10.6 Å². The van der Waals surface area contributed by atoms with E-state index in [1.165, 1.54) is 0 Å². The maximum absolute atomic E-state index is 12.8. The van der Waals surface area contributed by atoms with Gasteiger partial charge >= 0.3 is 6.16 Å². The van der Waals surface area contributed by atoms with Gasteiger partial charge in [0.25, 0.3) is 0 Å². The van der Waals surface area contributed by atoms with Crippen molar-refractivity contribution in [2.45, 2.75) is 37.6 Å². The number of fused-ring (bicyclic) bond motifs is 1. The molecule has 0 amide bonds. The number of anilines is 1. The highest BCUT2D eigenvalue weighted by molar-refractivity contribution is 7.91. The summed E-state index contributed by atoms with van der Waals surface area (Å²) in [6.45, 7) is 2.65. The number of para-hydroxylation sites is 1. The summed E-state index contributed by atoms with van der Waals surface area (Å²) in [5.74, 6) is 1.35. The predicted molar refractivity (Wildman–Crippen MR) is 158 cm³/mol. The summed E-state index contributed by atoms with van der Waals surface area (Å²) in [5, 5.41) is 12.0. The molecule has 9 nitrogen and oxygen atoms in total. The third-order valence-electron chi connectivity index (χ3n) is 6.66. The molecule has 0 spiro atoms. The van der Waals surface area contributed by atoms with Gasteiger partial charge in [-0.1, -0.05) is 74.0 Å². The highest BCUT2D eigenvalue weighted by atomic mass is 32.2. The molecule has 41 heavy (non-hydrogen) atoms. The Hall–Kier alpha value is -4.70. The third kappa shape index (κ3) is 6.55. The Morgan fingerprint density at radius 1 is 0.927 bits per heavy atom. The van der Waals surface area contributed by atoms with Gasteiger partial charge in [0, 0.05) is 12.0 Å². The van der Waals surface area contributed by atoms with Gasteiger partial charge in [-0.15, -0.1) is 0 Å². The van der Waals surface area contributed by atoms with Crippen molar-refractivity contribution in [3.8, 4) is 16.9 Å². The normalized spacial score (nSPS) is 11.4. The predicted octanol–water partition coefficient (Wildman–Crippen LogP) is 6.39. The van der Waals surface area contributed by atoms with Crippen molar-refractivity contribution in [2.24, 2.45) is 0 Å². The topological polar surface area (TPSA) is 123 Å². The molecule has 0 unspecified atom stereocenters. The van der Waals surface area contributed by atoms with Crippen molar-refractivity contribution >= 4 is 33.0 Å². The molecule has 0 aliphatic rings. The molecule has 0 saturated heterocycles. The van der Waals surface area contributed by atoms with E-state index < -0.39 is 16.0 Å². The first-order chi connectivity index (χ1) is 19.8. The molecule has 0 bridgehead atoms. The number of pyridine rings is 1. The number of sulfone groups is 1. The van der Waals surface area contributed by atoms with Crippen LogP contribution in [-0.4, -0.2) is 40.1 Å². The van der Waals surface area contributed by atoms with E-state index >= 15 is 0 Å². The third-order valence-corrected chi connectivity index (χ3v) is 8.18. The van der Waals surface area contributed by atoms with E-state index in [4.69, 9.17) is 19.8 Å². The summed E-state index contributed by atoms with van der Waals surface area (Å²) in [6.07, 6.45) is 1.42. The lowest BCUT2D eigenvalue weighted by Gasteiger charge is -2.12. The van der Waals surface area contributed by atoms with Gasteiger partial charge in [-0.2, -0.15) is 0 Å². The first kappa shape index (κ1) is 27.9. The van der Waals surface area contributed by atoms with Gasteiger partial charge in [0.05, 0.1) is 11.4 Å². The van der Waals surface area contributed by atoms with Crippen LogP contribution >= 0.6 is 0 Å². The number of carbonyl (C=O) groups is 1. The van der Waals surface area contributed by atoms with Crippen molar-refractivity contribution in [2.75, 3.05) is 11.2 Å². The fourth-order valence-electron chi connectivity index (χ4n) is 4.58. The van der Waals surface area contributed by atoms with Crippen molar-refractivity contribution < 1.29 is 23.1 Å². The molecule has 0 aliphatic carbocycles. The molecular formula is C31H30N4O5S. The van der Waals surface area contributed by atoms with Gasteiger partial charge < -0.3 is 19.7 Å². The summed E-state index contributed by atoms with van der Waals surface area (Å²) < 4.78 is 32.5. The fraction of sp³-hybridized carbons (Fsp3) is 0.194. The van der Waals surface area contributed by atoms with E-state index in [0.29, 0.717) is 23.6 Å². The Kier molecular flexibility index (Phi) is 8.30. The zero-order chi connectivity index (χ0) is 28.8. The lowest BCUT2D eigenvalue weighted by molar-refractivity contribution is 0.144. The summed E-state index contributed by atoms with van der Waals surface area (Å²) >= 11 is 0. The number of carboxylic acid groups (broad SMARTS) is 1. The molecule has 210 valence electrons. The minimum Gasteiger partial charge on any atom is -0.449 e. The fourth-order valence-corrected chi connectivity index (χ4v) is 5.66. The van der Waals surface area contributed by atoms with Crippen molar-refractivity contribution in [1.82, 2.24) is 14.5 Å². The second-order valence-electron chi connectivity index (χ2n) is 9.57. The number of ether oxygens (including phenoxy) is 1. The number of aryl methyl sites for hydroxylation is 1. The summed E-state index contributed by atoms with van der Waals surface area (Å²) in [7, 11) is -3.53. The first-order valence-corrected chi connectivity index (χ1v) is 15.0. The number of hydrogen-bond acceptors (Lipinski definition) is 7. The van der Waals surface area contributed by atoms with E-state index in [1.54, 1.807) is 48.5 Å². The molecule has 2 heterocycles. The van der Waals surface area contributed by atoms with Gasteiger partial charge in [-0.25, -0.2) is 23.2 Å². The van der Waals surface area contributed by atoms with Crippen LogP contribution in [0.25, 0.3) is 22.3 Å². The number of nitrogens with zero attached hydrogens (tertiary/aromatic N) is 3. The van der Waals surface area contributed by atoms with Crippen LogP contribution in [0.2, 0.25) is 0 Å². The second kappa shape index (κ2) is 12.2. The molecule has 0 atom stereocenters. The standard InChI is InChI=1S/C31H30N4O5S/c1-2-3-13-29-33-26-18-19-28(32-21-41(38,39)24-9-5-4-6-10-24)34-30(26)35(29)20-22-14-16-23(17-15-22)25-11-7-8-12-27(25)40-31(36)37/h4-12,14-19H,2-3,13,20-21H2,1H3,(H,32,34)(H,36,37). The van der Waals surface area contributed by atoms with E-state index in [0.717, 1.165) is 41.7 Å². The highest BCUT2D eigenvalue weighted by Gasteiger charge is 2.17. The monoisotopic (exact) mass is 570 g/mol. The number of aromatic nitrogens is 3. The minimum atomic E-state index is -3.53. The quantitative estimate of drug-likeness (QED) is 0.138.